The first kappa shape index (κ1) is 19.1. The van der Waals surface area contributed by atoms with E-state index >= 15 is 0 Å². The maximum absolute atomic E-state index is 13.2. The van der Waals surface area contributed by atoms with Crippen molar-refractivity contribution in [3.05, 3.63) is 42.0 Å². The van der Waals surface area contributed by atoms with E-state index in [2.05, 4.69) is 5.10 Å². The number of hydrogen-bond acceptors (Lipinski definition) is 5. The van der Waals surface area contributed by atoms with Crippen molar-refractivity contribution in [1.29, 1.82) is 0 Å². The number of fused-ring (bicyclic) bond motifs is 2. The highest BCUT2D eigenvalue weighted by molar-refractivity contribution is 5.98. The molecule has 0 aliphatic carbocycles. The highest BCUT2D eigenvalue weighted by atomic mass is 19.4. The quantitative estimate of drug-likeness (QED) is 0.554. The van der Waals surface area contributed by atoms with Gasteiger partial charge in [-0.05, 0) is 57.2 Å². The monoisotopic (exact) mass is 406 g/mol. The van der Waals surface area contributed by atoms with E-state index in [1.165, 1.54) is 6.07 Å². The summed E-state index contributed by atoms with van der Waals surface area (Å²) >= 11 is 0. The average Bonchev–Trinajstić information content (AvgIpc) is 3.22. The van der Waals surface area contributed by atoms with Crippen LogP contribution in [0, 0.1) is 0 Å². The van der Waals surface area contributed by atoms with E-state index in [4.69, 9.17) is 14.2 Å². The Balaban J connectivity index is 1.90. The van der Waals surface area contributed by atoms with Crippen molar-refractivity contribution in [1.82, 2.24) is 9.78 Å². The van der Waals surface area contributed by atoms with Gasteiger partial charge in [0, 0.05) is 10.9 Å². The van der Waals surface area contributed by atoms with Gasteiger partial charge in [-0.1, -0.05) is 0 Å². The molecule has 1 aliphatic rings. The molecule has 2 aromatic carbocycles. The molecule has 4 rings (SSSR count). The van der Waals surface area contributed by atoms with Crippen LogP contribution in [0.1, 0.15) is 26.3 Å². The summed E-state index contributed by atoms with van der Waals surface area (Å²) in [6.45, 7) is 5.07. The van der Waals surface area contributed by atoms with Crippen LogP contribution in [-0.2, 0) is 10.9 Å². The van der Waals surface area contributed by atoms with E-state index in [-0.39, 0.29) is 12.3 Å². The molecule has 0 spiro atoms. The number of halogens is 3. The van der Waals surface area contributed by atoms with Crippen molar-refractivity contribution in [2.45, 2.75) is 32.5 Å². The van der Waals surface area contributed by atoms with E-state index in [0.29, 0.717) is 28.1 Å². The van der Waals surface area contributed by atoms with Gasteiger partial charge < -0.3 is 14.2 Å². The van der Waals surface area contributed by atoms with Crippen LogP contribution in [0.5, 0.6) is 11.5 Å². The van der Waals surface area contributed by atoms with Crippen molar-refractivity contribution in [3.63, 3.8) is 0 Å². The fraction of sp³-hybridized carbons (Fsp3) is 0.300. The molecular weight excluding hydrogens is 389 g/mol. The molecule has 6 nitrogen and oxygen atoms in total. The van der Waals surface area contributed by atoms with Crippen LogP contribution in [0.25, 0.3) is 22.2 Å². The van der Waals surface area contributed by atoms with Crippen molar-refractivity contribution in [2.24, 2.45) is 0 Å². The van der Waals surface area contributed by atoms with E-state index in [9.17, 15) is 18.0 Å². The van der Waals surface area contributed by atoms with Gasteiger partial charge in [-0.25, -0.2) is 4.79 Å². The predicted octanol–water partition coefficient (Wildman–Crippen LogP) is 5.23. The topological polar surface area (TPSA) is 62.6 Å². The maximum atomic E-state index is 13.2. The Kier molecular flexibility index (Phi) is 4.21. The van der Waals surface area contributed by atoms with Crippen LogP contribution in [0.4, 0.5) is 18.0 Å². The molecule has 0 bridgehead atoms. The minimum absolute atomic E-state index is 0.00161. The number of ether oxygens (including phenoxy) is 3. The first-order chi connectivity index (χ1) is 13.5. The Morgan fingerprint density at radius 2 is 1.79 bits per heavy atom. The van der Waals surface area contributed by atoms with Gasteiger partial charge >= 0.3 is 12.3 Å². The molecule has 1 aliphatic heterocycles. The normalized spacial score (nSPS) is 13.7. The number of hydrogen-bond donors (Lipinski definition) is 0. The minimum atomic E-state index is -4.56. The lowest BCUT2D eigenvalue weighted by Crippen LogP contribution is -2.27. The van der Waals surface area contributed by atoms with Crippen LogP contribution in [0.2, 0.25) is 0 Å². The molecule has 29 heavy (non-hydrogen) atoms. The Morgan fingerprint density at radius 1 is 1.07 bits per heavy atom. The van der Waals surface area contributed by atoms with Crippen molar-refractivity contribution in [3.8, 4) is 22.8 Å². The number of nitrogens with zero attached hydrogens (tertiary/aromatic N) is 2. The molecule has 0 amide bonds. The molecule has 0 saturated carbocycles. The van der Waals surface area contributed by atoms with Gasteiger partial charge in [-0.15, -0.1) is 0 Å². The molecule has 152 valence electrons. The zero-order valence-electron chi connectivity index (χ0n) is 15.8. The molecular formula is C20H17F3N2O4. The fourth-order valence-corrected chi connectivity index (χ4v) is 2.99. The Hall–Kier alpha value is -3.23. The van der Waals surface area contributed by atoms with Crippen LogP contribution < -0.4 is 9.47 Å². The molecule has 1 aromatic heterocycles. The summed E-state index contributed by atoms with van der Waals surface area (Å²) in [7, 11) is 0. The Bertz CT molecular complexity index is 1110. The maximum Gasteiger partial charge on any atom is 0.435 e. The van der Waals surface area contributed by atoms with Crippen LogP contribution in [0.15, 0.2) is 36.4 Å². The Labute approximate surface area is 163 Å². The smallest absolute Gasteiger partial charge is 0.435 e. The summed E-state index contributed by atoms with van der Waals surface area (Å²) in [6.07, 6.45) is -5.43. The molecule has 0 fully saturated rings. The fourth-order valence-electron chi connectivity index (χ4n) is 2.99. The molecule has 0 saturated heterocycles. The number of carbonyl (C=O) groups excluding carboxylic acids is 1. The first-order valence-corrected chi connectivity index (χ1v) is 8.76. The van der Waals surface area contributed by atoms with Crippen molar-refractivity contribution >= 4 is 17.0 Å². The summed E-state index contributed by atoms with van der Waals surface area (Å²) in [6, 6.07) is 8.20. The third kappa shape index (κ3) is 3.59. The van der Waals surface area contributed by atoms with Gasteiger partial charge in [0.2, 0.25) is 6.79 Å². The standard InChI is InChI=1S/C20H17F3N2O4/c1-19(2,3)29-18(26)25-14-9-12(20(21,22)23)5-6-13(14)17(24-25)11-4-7-15-16(8-11)28-10-27-15/h4-9H,10H2,1-3H3. The number of carbonyl (C=O) groups is 1. The summed E-state index contributed by atoms with van der Waals surface area (Å²) in [5, 5.41) is 4.65. The molecule has 3 aromatic rings. The lowest BCUT2D eigenvalue weighted by molar-refractivity contribution is -0.137. The summed E-state index contributed by atoms with van der Waals surface area (Å²) in [5.41, 5.74) is -0.816. The van der Waals surface area contributed by atoms with Gasteiger partial charge in [-0.3, -0.25) is 0 Å². The zero-order valence-corrected chi connectivity index (χ0v) is 15.8. The van der Waals surface area contributed by atoms with Crippen molar-refractivity contribution in [2.75, 3.05) is 6.79 Å². The molecule has 0 atom stereocenters. The van der Waals surface area contributed by atoms with Gasteiger partial charge in [0.05, 0.1) is 11.1 Å². The third-order valence-corrected chi connectivity index (χ3v) is 4.22. The van der Waals surface area contributed by atoms with Crippen LogP contribution in [0.3, 0.4) is 0 Å². The number of alkyl halides is 3. The Morgan fingerprint density at radius 3 is 2.48 bits per heavy atom. The zero-order chi connectivity index (χ0) is 21.0. The molecule has 0 unspecified atom stereocenters. The highest BCUT2D eigenvalue weighted by Crippen LogP contribution is 2.39. The second kappa shape index (κ2) is 6.40. The first-order valence-electron chi connectivity index (χ1n) is 8.76. The number of benzene rings is 2. The number of rotatable bonds is 1. The van der Waals surface area contributed by atoms with E-state index in [1.807, 2.05) is 0 Å². The van der Waals surface area contributed by atoms with Gasteiger partial charge in [0.25, 0.3) is 0 Å². The van der Waals surface area contributed by atoms with Gasteiger partial charge in [0.15, 0.2) is 11.5 Å². The average molecular weight is 406 g/mol. The summed E-state index contributed by atoms with van der Waals surface area (Å²) in [4.78, 5) is 12.6. The second-order valence-corrected chi connectivity index (χ2v) is 7.54. The van der Waals surface area contributed by atoms with Crippen LogP contribution >= 0.6 is 0 Å². The van der Waals surface area contributed by atoms with E-state index in [0.717, 1.165) is 16.8 Å². The highest BCUT2D eigenvalue weighted by Gasteiger charge is 2.32. The molecule has 9 heteroatoms. The molecule has 2 heterocycles. The lowest BCUT2D eigenvalue weighted by atomic mass is 10.1. The van der Waals surface area contributed by atoms with E-state index in [1.54, 1.807) is 39.0 Å². The van der Waals surface area contributed by atoms with Crippen LogP contribution in [-0.4, -0.2) is 28.3 Å². The van der Waals surface area contributed by atoms with Crippen molar-refractivity contribution < 1.29 is 32.2 Å². The molecule has 0 radical (unpaired) electrons. The minimum Gasteiger partial charge on any atom is -0.454 e. The lowest BCUT2D eigenvalue weighted by Gasteiger charge is -2.19. The predicted molar refractivity (Wildman–Crippen MR) is 97.9 cm³/mol. The third-order valence-electron chi connectivity index (χ3n) is 4.22. The SMILES string of the molecule is CC(C)(C)OC(=O)n1nc(-c2ccc3c(c2)OCO3)c2ccc(C(F)(F)F)cc21. The largest absolute Gasteiger partial charge is 0.454 e. The molecule has 0 N–H and O–H groups in total. The summed E-state index contributed by atoms with van der Waals surface area (Å²) in [5.74, 6) is 1.05. The summed E-state index contributed by atoms with van der Waals surface area (Å²) < 4.78 is 56.5. The van der Waals surface area contributed by atoms with Gasteiger partial charge in [0.1, 0.15) is 11.3 Å². The number of aromatic nitrogens is 2. The van der Waals surface area contributed by atoms with Gasteiger partial charge in [-0.2, -0.15) is 23.0 Å². The second-order valence-electron chi connectivity index (χ2n) is 7.54. The van der Waals surface area contributed by atoms with E-state index < -0.39 is 23.4 Å².